The second-order valence-electron chi connectivity index (χ2n) is 5.38. The van der Waals surface area contributed by atoms with Crippen molar-refractivity contribution in [2.45, 2.75) is 37.3 Å². The zero-order valence-corrected chi connectivity index (χ0v) is 10.5. The normalized spacial score (nSPS) is 25.0. The smallest absolute Gasteiger partial charge is 0.0807 e. The lowest BCUT2D eigenvalue weighted by Crippen LogP contribution is -2.40. The Morgan fingerprint density at radius 3 is 2.65 bits per heavy atom. The van der Waals surface area contributed by atoms with Gasteiger partial charge >= 0.3 is 0 Å². The fourth-order valence-electron chi connectivity index (χ4n) is 2.81. The monoisotopic (exact) mass is 235 g/mol. The minimum atomic E-state index is 0.207. The van der Waals surface area contributed by atoms with Crippen LogP contribution in [0.2, 0.25) is 0 Å². The Bertz CT molecular complexity index is 351. The second kappa shape index (κ2) is 4.42. The number of aromatic nitrogens is 2. The van der Waals surface area contributed by atoms with Crippen LogP contribution in [0, 0.1) is 0 Å². The van der Waals surface area contributed by atoms with Gasteiger partial charge in [-0.15, -0.1) is 0 Å². The van der Waals surface area contributed by atoms with Crippen molar-refractivity contribution in [1.29, 1.82) is 0 Å². The molecule has 0 bridgehead atoms. The van der Waals surface area contributed by atoms with Crippen LogP contribution in [0.1, 0.15) is 31.7 Å². The van der Waals surface area contributed by atoms with Crippen LogP contribution < -0.4 is 0 Å². The van der Waals surface area contributed by atoms with E-state index in [1.54, 1.807) is 0 Å². The van der Waals surface area contributed by atoms with Gasteiger partial charge in [0.25, 0.3) is 0 Å². The first kappa shape index (κ1) is 11.2. The molecule has 4 nitrogen and oxygen atoms in total. The molecule has 0 radical (unpaired) electrons. The van der Waals surface area contributed by atoms with Crippen molar-refractivity contribution in [3.63, 3.8) is 0 Å². The van der Waals surface area contributed by atoms with E-state index in [-0.39, 0.29) is 5.60 Å². The third kappa shape index (κ3) is 2.38. The highest BCUT2D eigenvalue weighted by Crippen LogP contribution is 2.40. The third-order valence-electron chi connectivity index (χ3n) is 4.21. The molecule has 94 valence electrons. The van der Waals surface area contributed by atoms with Crippen molar-refractivity contribution >= 4 is 0 Å². The average molecular weight is 235 g/mol. The Hall–Kier alpha value is -0.870. The van der Waals surface area contributed by atoms with Crippen molar-refractivity contribution in [3.8, 4) is 0 Å². The Morgan fingerprint density at radius 2 is 2.12 bits per heavy atom. The number of hydrogen-bond acceptors (Lipinski definition) is 3. The van der Waals surface area contributed by atoms with Crippen LogP contribution in [-0.4, -0.2) is 47.0 Å². The minimum absolute atomic E-state index is 0.207. The van der Waals surface area contributed by atoms with E-state index in [0.717, 1.165) is 6.54 Å². The zero-order valence-electron chi connectivity index (χ0n) is 10.5. The summed E-state index contributed by atoms with van der Waals surface area (Å²) in [6, 6.07) is 2.61. The van der Waals surface area contributed by atoms with Crippen molar-refractivity contribution in [3.05, 3.63) is 18.5 Å². The van der Waals surface area contributed by atoms with Crippen LogP contribution in [0.25, 0.3) is 0 Å². The molecule has 1 saturated carbocycles. The largest absolute Gasteiger partial charge is 0.377 e. The molecule has 0 unspecified atom stereocenters. The summed E-state index contributed by atoms with van der Waals surface area (Å²) in [4.78, 5) is 2.55. The van der Waals surface area contributed by atoms with Gasteiger partial charge in [0.15, 0.2) is 0 Å². The minimum Gasteiger partial charge on any atom is -0.377 e. The van der Waals surface area contributed by atoms with Gasteiger partial charge in [0.2, 0.25) is 0 Å². The van der Waals surface area contributed by atoms with Crippen LogP contribution in [0.4, 0.5) is 0 Å². The molecule has 4 heteroatoms. The molecule has 2 fully saturated rings. The third-order valence-corrected chi connectivity index (χ3v) is 4.21. The summed E-state index contributed by atoms with van der Waals surface area (Å²) in [7, 11) is 1.85. The SMILES string of the molecule is COC1(CN2CCC(n3cccn3)CC2)CC1. The topological polar surface area (TPSA) is 30.3 Å². The molecule has 0 atom stereocenters. The molecule has 1 aromatic heterocycles. The molecule has 0 aromatic carbocycles. The van der Waals surface area contributed by atoms with Gasteiger partial charge in [0, 0.05) is 39.1 Å². The van der Waals surface area contributed by atoms with E-state index in [9.17, 15) is 0 Å². The van der Waals surface area contributed by atoms with Crippen LogP contribution in [0.3, 0.4) is 0 Å². The van der Waals surface area contributed by atoms with E-state index >= 15 is 0 Å². The van der Waals surface area contributed by atoms with Gasteiger partial charge < -0.3 is 9.64 Å². The first-order chi connectivity index (χ1) is 8.31. The van der Waals surface area contributed by atoms with E-state index in [1.165, 1.54) is 38.8 Å². The van der Waals surface area contributed by atoms with Crippen LogP contribution in [0.15, 0.2) is 18.5 Å². The molecular weight excluding hydrogens is 214 g/mol. The molecule has 0 spiro atoms. The molecular formula is C13H21N3O. The van der Waals surface area contributed by atoms with Gasteiger partial charge in [-0.1, -0.05) is 0 Å². The highest BCUT2D eigenvalue weighted by molar-refractivity contribution is 4.98. The summed E-state index contributed by atoms with van der Waals surface area (Å²) in [5.41, 5.74) is 0.207. The zero-order chi connectivity index (χ0) is 11.7. The number of hydrogen-bond donors (Lipinski definition) is 0. The molecule has 17 heavy (non-hydrogen) atoms. The van der Waals surface area contributed by atoms with Crippen molar-refractivity contribution in [2.75, 3.05) is 26.7 Å². The lowest BCUT2D eigenvalue weighted by Gasteiger charge is -2.34. The number of ether oxygens (including phenoxy) is 1. The fourth-order valence-corrected chi connectivity index (χ4v) is 2.81. The van der Waals surface area contributed by atoms with Gasteiger partial charge in [-0.3, -0.25) is 4.68 Å². The first-order valence-corrected chi connectivity index (χ1v) is 6.58. The van der Waals surface area contributed by atoms with Gasteiger partial charge in [-0.05, 0) is 31.7 Å². The van der Waals surface area contributed by atoms with Gasteiger partial charge in [0.05, 0.1) is 11.6 Å². The number of likely N-dealkylation sites (tertiary alicyclic amines) is 1. The van der Waals surface area contributed by atoms with E-state index < -0.39 is 0 Å². The summed E-state index contributed by atoms with van der Waals surface area (Å²) in [5.74, 6) is 0. The summed E-state index contributed by atoms with van der Waals surface area (Å²) in [5, 5.41) is 4.34. The van der Waals surface area contributed by atoms with Gasteiger partial charge in [0.1, 0.15) is 0 Å². The molecule has 1 aliphatic heterocycles. The van der Waals surface area contributed by atoms with Crippen LogP contribution in [0.5, 0.6) is 0 Å². The quantitative estimate of drug-likeness (QED) is 0.795. The van der Waals surface area contributed by atoms with E-state index in [2.05, 4.69) is 20.9 Å². The van der Waals surface area contributed by atoms with Crippen LogP contribution in [-0.2, 0) is 4.74 Å². The maximum absolute atomic E-state index is 5.59. The lowest BCUT2D eigenvalue weighted by atomic mass is 10.0. The van der Waals surface area contributed by atoms with E-state index in [4.69, 9.17) is 4.74 Å². The first-order valence-electron chi connectivity index (χ1n) is 6.58. The molecule has 1 saturated heterocycles. The van der Waals surface area contributed by atoms with Crippen molar-refractivity contribution < 1.29 is 4.74 Å². The molecule has 1 aliphatic carbocycles. The summed E-state index contributed by atoms with van der Waals surface area (Å²) >= 11 is 0. The van der Waals surface area contributed by atoms with Gasteiger partial charge in [-0.25, -0.2) is 0 Å². The van der Waals surface area contributed by atoms with Crippen molar-refractivity contribution in [2.24, 2.45) is 0 Å². The highest BCUT2D eigenvalue weighted by atomic mass is 16.5. The standard InChI is InChI=1S/C13H21N3O/c1-17-13(5-6-13)11-15-9-3-12(4-10-15)16-8-2-7-14-16/h2,7-8,12H,3-6,9-11H2,1H3. The van der Waals surface area contributed by atoms with Gasteiger partial charge in [-0.2, -0.15) is 5.10 Å². The number of rotatable bonds is 4. The Morgan fingerprint density at radius 1 is 1.35 bits per heavy atom. The van der Waals surface area contributed by atoms with E-state index in [0.29, 0.717) is 6.04 Å². The predicted molar refractivity (Wildman–Crippen MR) is 65.9 cm³/mol. The summed E-state index contributed by atoms with van der Waals surface area (Å²) in [6.07, 6.45) is 8.85. The fraction of sp³-hybridized carbons (Fsp3) is 0.769. The molecule has 2 heterocycles. The Kier molecular flexibility index (Phi) is 2.92. The average Bonchev–Trinajstić information content (AvgIpc) is 2.92. The number of nitrogens with zero attached hydrogens (tertiary/aromatic N) is 3. The highest BCUT2D eigenvalue weighted by Gasteiger charge is 2.44. The Balaban J connectivity index is 1.51. The summed E-state index contributed by atoms with van der Waals surface area (Å²) in [6.45, 7) is 3.47. The van der Waals surface area contributed by atoms with Crippen LogP contribution >= 0.6 is 0 Å². The predicted octanol–water partition coefficient (Wildman–Crippen LogP) is 1.70. The molecule has 0 N–H and O–H groups in total. The Labute approximate surface area is 103 Å². The molecule has 1 aromatic rings. The summed E-state index contributed by atoms with van der Waals surface area (Å²) < 4.78 is 7.70. The molecule has 0 amide bonds. The maximum Gasteiger partial charge on any atom is 0.0807 e. The van der Waals surface area contributed by atoms with E-state index in [1.807, 2.05) is 19.4 Å². The molecule has 2 aliphatic rings. The molecule has 3 rings (SSSR count). The number of methoxy groups -OCH3 is 1. The maximum atomic E-state index is 5.59. The van der Waals surface area contributed by atoms with Crippen molar-refractivity contribution in [1.82, 2.24) is 14.7 Å². The number of piperidine rings is 1. The lowest BCUT2D eigenvalue weighted by molar-refractivity contribution is 0.0326. The second-order valence-corrected chi connectivity index (χ2v) is 5.38.